The van der Waals surface area contributed by atoms with Crippen LogP contribution >= 0.6 is 0 Å². The number of amides is 2. The summed E-state index contributed by atoms with van der Waals surface area (Å²) in [6.45, 7) is 0.940. The summed E-state index contributed by atoms with van der Waals surface area (Å²) in [4.78, 5) is 25.4. The maximum atomic E-state index is 12.6. The summed E-state index contributed by atoms with van der Waals surface area (Å²) < 4.78 is 12.6. The number of piperazine rings is 1. The van der Waals surface area contributed by atoms with E-state index < -0.39 is 18.8 Å². The van der Waals surface area contributed by atoms with Gasteiger partial charge in [0.15, 0.2) is 0 Å². The Morgan fingerprint density at radius 2 is 1.95 bits per heavy atom. The van der Waals surface area contributed by atoms with Gasteiger partial charge in [-0.15, -0.1) is 0 Å². The minimum absolute atomic E-state index is 0.0336. The van der Waals surface area contributed by atoms with Gasteiger partial charge in [0.2, 0.25) is 11.8 Å². The van der Waals surface area contributed by atoms with Crippen LogP contribution in [0.5, 0.6) is 0 Å². The molecule has 1 N–H and O–H groups in total. The lowest BCUT2D eigenvalue weighted by atomic mass is 10.00. The molecule has 2 rings (SSSR count). The highest BCUT2D eigenvalue weighted by atomic mass is 19.1. The number of hydrogen-bond donors (Lipinski definition) is 1. The quantitative estimate of drug-likeness (QED) is 0.879. The van der Waals surface area contributed by atoms with Gasteiger partial charge in [-0.05, 0) is 12.5 Å². The van der Waals surface area contributed by atoms with E-state index in [1.165, 1.54) is 4.90 Å². The van der Waals surface area contributed by atoms with Gasteiger partial charge in [-0.25, -0.2) is 4.39 Å². The lowest BCUT2D eigenvalue weighted by Gasteiger charge is -2.37. The zero-order valence-corrected chi connectivity index (χ0v) is 10.8. The van der Waals surface area contributed by atoms with Crippen molar-refractivity contribution in [2.24, 2.45) is 0 Å². The molecule has 1 fully saturated rings. The maximum Gasteiger partial charge on any atom is 0.245 e. The monoisotopic (exact) mass is 264 g/mol. The third-order valence-electron chi connectivity index (χ3n) is 3.29. The number of carbonyl (C=O) groups excluding carboxylic acids is 2. The second kappa shape index (κ2) is 5.82. The van der Waals surface area contributed by atoms with E-state index in [-0.39, 0.29) is 18.4 Å². The molecule has 1 aliphatic heterocycles. The molecule has 2 atom stereocenters. The van der Waals surface area contributed by atoms with Crippen molar-refractivity contribution in [2.45, 2.75) is 25.4 Å². The molecule has 1 aliphatic rings. The highest BCUT2D eigenvalue weighted by molar-refractivity contribution is 5.96. The molecule has 5 heteroatoms. The van der Waals surface area contributed by atoms with Crippen LogP contribution in [0.1, 0.15) is 12.5 Å². The Balaban J connectivity index is 2.19. The number of rotatable bonds is 4. The number of alkyl halides is 1. The average Bonchev–Trinajstić information content (AvgIpc) is 2.41. The molecular formula is C14H17FN2O2. The van der Waals surface area contributed by atoms with E-state index in [0.29, 0.717) is 6.42 Å². The first-order valence-corrected chi connectivity index (χ1v) is 6.34. The van der Waals surface area contributed by atoms with Crippen LogP contribution < -0.4 is 5.32 Å². The number of nitrogens with zero attached hydrogens (tertiary/aromatic N) is 1. The molecule has 2 unspecified atom stereocenters. The molecule has 19 heavy (non-hydrogen) atoms. The summed E-state index contributed by atoms with van der Waals surface area (Å²) in [6.07, 6.45) is 0.408. The van der Waals surface area contributed by atoms with Crippen molar-refractivity contribution < 1.29 is 14.0 Å². The molecule has 1 saturated heterocycles. The Bertz CT molecular complexity index is 464. The summed E-state index contributed by atoms with van der Waals surface area (Å²) >= 11 is 0. The van der Waals surface area contributed by atoms with E-state index in [0.717, 1.165) is 5.56 Å². The van der Waals surface area contributed by atoms with Crippen LogP contribution in [0.2, 0.25) is 0 Å². The molecule has 1 aromatic carbocycles. The summed E-state index contributed by atoms with van der Waals surface area (Å²) in [7, 11) is 0. The minimum atomic E-state index is -0.642. The second-order valence-electron chi connectivity index (χ2n) is 4.66. The number of hydrogen-bond acceptors (Lipinski definition) is 2. The topological polar surface area (TPSA) is 49.4 Å². The predicted molar refractivity (Wildman–Crippen MR) is 69.2 cm³/mol. The minimum Gasteiger partial charge on any atom is -0.343 e. The second-order valence-corrected chi connectivity index (χ2v) is 4.66. The number of nitrogens with one attached hydrogen (secondary N) is 1. The van der Waals surface area contributed by atoms with Crippen LogP contribution in [-0.2, 0) is 16.0 Å². The number of benzene rings is 1. The van der Waals surface area contributed by atoms with E-state index in [1.54, 1.807) is 6.92 Å². The summed E-state index contributed by atoms with van der Waals surface area (Å²) in [5.41, 5.74) is 0.953. The Labute approximate surface area is 111 Å². The first kappa shape index (κ1) is 13.5. The lowest BCUT2D eigenvalue weighted by molar-refractivity contribution is -0.148. The molecule has 4 nitrogen and oxygen atoms in total. The Morgan fingerprint density at radius 3 is 2.58 bits per heavy atom. The van der Waals surface area contributed by atoms with Crippen molar-refractivity contribution in [1.29, 1.82) is 0 Å². The van der Waals surface area contributed by atoms with Crippen molar-refractivity contribution in [3.63, 3.8) is 0 Å². The zero-order valence-electron chi connectivity index (χ0n) is 10.8. The van der Waals surface area contributed by atoms with Gasteiger partial charge in [-0.3, -0.25) is 9.59 Å². The van der Waals surface area contributed by atoms with E-state index in [2.05, 4.69) is 5.32 Å². The Morgan fingerprint density at radius 1 is 1.26 bits per heavy atom. The number of carbonyl (C=O) groups is 2. The van der Waals surface area contributed by atoms with Gasteiger partial charge in [0, 0.05) is 13.0 Å². The summed E-state index contributed by atoms with van der Waals surface area (Å²) in [6, 6.07) is 8.22. The zero-order chi connectivity index (χ0) is 13.8. The fraction of sp³-hybridized carbons (Fsp3) is 0.429. The normalized spacial score (nSPS) is 23.4. The van der Waals surface area contributed by atoms with Crippen LogP contribution in [0, 0.1) is 0 Å². The van der Waals surface area contributed by atoms with Crippen molar-refractivity contribution in [3.05, 3.63) is 35.9 Å². The van der Waals surface area contributed by atoms with Crippen LogP contribution in [0.3, 0.4) is 0 Å². The highest BCUT2D eigenvalue weighted by Crippen LogP contribution is 2.15. The summed E-state index contributed by atoms with van der Waals surface area (Å²) in [5, 5.41) is 2.64. The van der Waals surface area contributed by atoms with E-state index in [9.17, 15) is 14.0 Å². The molecule has 0 bridgehead atoms. The third-order valence-corrected chi connectivity index (χ3v) is 3.29. The molecule has 1 heterocycles. The maximum absolute atomic E-state index is 12.6. The van der Waals surface area contributed by atoms with Crippen molar-refractivity contribution in [1.82, 2.24) is 10.2 Å². The average molecular weight is 264 g/mol. The van der Waals surface area contributed by atoms with E-state index in [4.69, 9.17) is 0 Å². The molecule has 0 radical (unpaired) electrons. The highest BCUT2D eigenvalue weighted by Gasteiger charge is 2.38. The van der Waals surface area contributed by atoms with Gasteiger partial charge in [0.05, 0.1) is 0 Å². The van der Waals surface area contributed by atoms with Crippen molar-refractivity contribution >= 4 is 11.8 Å². The van der Waals surface area contributed by atoms with Gasteiger partial charge < -0.3 is 10.2 Å². The van der Waals surface area contributed by atoms with Crippen molar-refractivity contribution in [3.8, 4) is 0 Å². The van der Waals surface area contributed by atoms with Gasteiger partial charge in [0.1, 0.15) is 18.8 Å². The van der Waals surface area contributed by atoms with Gasteiger partial charge in [0.25, 0.3) is 0 Å². The molecule has 1 aromatic rings. The van der Waals surface area contributed by atoms with Crippen molar-refractivity contribution in [2.75, 3.05) is 13.2 Å². The van der Waals surface area contributed by atoms with Crippen LogP contribution in [0.4, 0.5) is 4.39 Å². The molecule has 0 saturated carbocycles. The Kier molecular flexibility index (Phi) is 4.14. The first-order chi connectivity index (χ1) is 9.13. The SMILES string of the molecule is CC1NC(=O)C(Cc2ccccc2)N(CCF)C1=O. The van der Waals surface area contributed by atoms with Crippen LogP contribution in [-0.4, -0.2) is 42.0 Å². The standard InChI is InChI=1S/C14H17FN2O2/c1-10-14(19)17(8-7-15)12(13(18)16-10)9-11-5-3-2-4-6-11/h2-6,10,12H,7-9H2,1H3,(H,16,18). The van der Waals surface area contributed by atoms with Gasteiger partial charge in [-0.2, -0.15) is 0 Å². The van der Waals surface area contributed by atoms with Gasteiger partial charge >= 0.3 is 0 Å². The lowest BCUT2D eigenvalue weighted by Crippen LogP contribution is -2.63. The molecule has 2 amide bonds. The van der Waals surface area contributed by atoms with E-state index >= 15 is 0 Å². The van der Waals surface area contributed by atoms with E-state index in [1.807, 2.05) is 30.3 Å². The molecule has 102 valence electrons. The predicted octanol–water partition coefficient (Wildman–Crippen LogP) is 0.914. The Hall–Kier alpha value is -1.91. The first-order valence-electron chi connectivity index (χ1n) is 6.34. The third kappa shape index (κ3) is 2.92. The van der Waals surface area contributed by atoms with Crippen LogP contribution in [0.25, 0.3) is 0 Å². The van der Waals surface area contributed by atoms with Crippen LogP contribution in [0.15, 0.2) is 30.3 Å². The summed E-state index contributed by atoms with van der Waals surface area (Å²) in [5.74, 6) is -0.442. The fourth-order valence-corrected chi connectivity index (χ4v) is 2.31. The number of halogens is 1. The molecule has 0 aromatic heterocycles. The molecule has 0 aliphatic carbocycles. The van der Waals surface area contributed by atoms with Gasteiger partial charge in [-0.1, -0.05) is 30.3 Å². The smallest absolute Gasteiger partial charge is 0.245 e. The fourth-order valence-electron chi connectivity index (χ4n) is 2.31. The largest absolute Gasteiger partial charge is 0.343 e. The molecular weight excluding hydrogens is 247 g/mol. The molecule has 0 spiro atoms.